The van der Waals surface area contributed by atoms with Crippen molar-refractivity contribution in [2.45, 2.75) is 19.8 Å². The summed E-state index contributed by atoms with van der Waals surface area (Å²) in [6.45, 7) is 3.58. The van der Waals surface area contributed by atoms with Crippen molar-refractivity contribution in [3.63, 3.8) is 0 Å². The predicted molar refractivity (Wildman–Crippen MR) is 62.1 cm³/mol. The second kappa shape index (κ2) is 4.09. The van der Waals surface area contributed by atoms with Gasteiger partial charge in [-0.15, -0.1) is 0 Å². The van der Waals surface area contributed by atoms with E-state index in [1.807, 2.05) is 13.0 Å². The first-order chi connectivity index (χ1) is 7.22. The highest BCUT2D eigenvalue weighted by Crippen LogP contribution is 2.31. The van der Waals surface area contributed by atoms with Crippen LogP contribution in [0.2, 0.25) is 0 Å². The van der Waals surface area contributed by atoms with Crippen LogP contribution in [0.1, 0.15) is 17.5 Å². The van der Waals surface area contributed by atoms with E-state index in [0.29, 0.717) is 6.42 Å². The maximum atomic E-state index is 12.1. The minimum Gasteiger partial charge on any atom is -0.398 e. The summed E-state index contributed by atoms with van der Waals surface area (Å²) >= 11 is 0. The van der Waals surface area contributed by atoms with Crippen molar-refractivity contribution in [3.05, 3.63) is 23.3 Å². The number of nitrogens with two attached hydrogens (primary N) is 1. The second-order valence-electron chi connectivity index (χ2n) is 4.12. The fourth-order valence-electron chi connectivity index (χ4n) is 2.13. The van der Waals surface area contributed by atoms with Crippen molar-refractivity contribution in [2.75, 3.05) is 30.4 Å². The Morgan fingerprint density at radius 2 is 2.27 bits per heavy atom. The molecule has 0 saturated carbocycles. The third kappa shape index (κ3) is 1.91. The van der Waals surface area contributed by atoms with Crippen LogP contribution in [0, 0.1) is 6.92 Å². The number of hydrogen-bond acceptors (Lipinski definition) is 2. The molecule has 2 rings (SSSR count). The number of halogens is 1. The monoisotopic (exact) mass is 208 g/mol. The summed E-state index contributed by atoms with van der Waals surface area (Å²) < 4.78 is 12.1. The average molecular weight is 208 g/mol. The Morgan fingerprint density at radius 3 is 3.00 bits per heavy atom. The van der Waals surface area contributed by atoms with Gasteiger partial charge in [-0.25, -0.2) is 0 Å². The minimum atomic E-state index is -0.243. The summed E-state index contributed by atoms with van der Waals surface area (Å²) in [6.07, 6.45) is 1.66. The van der Waals surface area contributed by atoms with Gasteiger partial charge in [0.25, 0.3) is 0 Å². The zero-order valence-corrected chi connectivity index (χ0v) is 9.09. The van der Waals surface area contributed by atoms with Gasteiger partial charge in [0, 0.05) is 24.5 Å². The SMILES string of the molecule is Cc1cc2c(cc1N)N(CCCF)CC2. The second-order valence-corrected chi connectivity index (χ2v) is 4.12. The van der Waals surface area contributed by atoms with Crippen LogP contribution >= 0.6 is 0 Å². The van der Waals surface area contributed by atoms with Crippen LogP contribution in [-0.4, -0.2) is 19.8 Å². The predicted octanol–water partition coefficient (Wildman–Crippen LogP) is 2.30. The lowest BCUT2D eigenvalue weighted by Gasteiger charge is -2.19. The highest BCUT2D eigenvalue weighted by molar-refractivity contribution is 5.67. The molecule has 1 aliphatic heterocycles. The third-order valence-corrected chi connectivity index (χ3v) is 3.02. The Kier molecular flexibility index (Phi) is 2.80. The lowest BCUT2D eigenvalue weighted by molar-refractivity contribution is 0.472. The summed E-state index contributed by atoms with van der Waals surface area (Å²) in [4.78, 5) is 2.23. The van der Waals surface area contributed by atoms with E-state index < -0.39 is 0 Å². The zero-order valence-electron chi connectivity index (χ0n) is 9.09. The Bertz CT molecular complexity index is 363. The molecule has 0 aromatic heterocycles. The topological polar surface area (TPSA) is 29.3 Å². The summed E-state index contributed by atoms with van der Waals surface area (Å²) in [5, 5.41) is 0. The van der Waals surface area contributed by atoms with Crippen LogP contribution in [0.15, 0.2) is 12.1 Å². The van der Waals surface area contributed by atoms with Gasteiger partial charge in [0.05, 0.1) is 6.67 Å². The lowest BCUT2D eigenvalue weighted by Crippen LogP contribution is -2.22. The molecule has 0 spiro atoms. The minimum absolute atomic E-state index is 0.243. The van der Waals surface area contributed by atoms with Gasteiger partial charge in [0.2, 0.25) is 0 Å². The number of hydrogen-bond donors (Lipinski definition) is 1. The van der Waals surface area contributed by atoms with E-state index in [9.17, 15) is 4.39 Å². The molecular formula is C12H17FN2. The highest BCUT2D eigenvalue weighted by atomic mass is 19.1. The molecule has 0 bridgehead atoms. The van der Waals surface area contributed by atoms with Crippen molar-refractivity contribution in [1.82, 2.24) is 0 Å². The molecule has 0 atom stereocenters. The Labute approximate surface area is 89.9 Å². The molecule has 1 aliphatic rings. The molecule has 0 aliphatic carbocycles. The standard InChI is InChI=1S/C12H17FN2/c1-9-7-10-3-6-15(5-2-4-13)12(10)8-11(9)14/h7-8H,2-6,14H2,1H3. The highest BCUT2D eigenvalue weighted by Gasteiger charge is 2.19. The van der Waals surface area contributed by atoms with Crippen molar-refractivity contribution >= 4 is 11.4 Å². The fourth-order valence-corrected chi connectivity index (χ4v) is 2.13. The van der Waals surface area contributed by atoms with Crippen LogP contribution < -0.4 is 10.6 Å². The van der Waals surface area contributed by atoms with Gasteiger partial charge in [-0.1, -0.05) is 6.07 Å². The Hall–Kier alpha value is -1.25. The van der Waals surface area contributed by atoms with Gasteiger partial charge in [0.15, 0.2) is 0 Å². The van der Waals surface area contributed by atoms with E-state index in [2.05, 4.69) is 11.0 Å². The molecule has 0 amide bonds. The van der Waals surface area contributed by atoms with Crippen molar-refractivity contribution in [3.8, 4) is 0 Å². The maximum Gasteiger partial charge on any atom is 0.0911 e. The first kappa shape index (κ1) is 10.3. The normalized spacial score (nSPS) is 14.4. The summed E-state index contributed by atoms with van der Waals surface area (Å²) in [5.74, 6) is 0. The first-order valence-electron chi connectivity index (χ1n) is 5.42. The number of alkyl halides is 1. The van der Waals surface area contributed by atoms with Crippen LogP contribution in [0.4, 0.5) is 15.8 Å². The number of aryl methyl sites for hydroxylation is 1. The van der Waals surface area contributed by atoms with Gasteiger partial charge in [-0.2, -0.15) is 0 Å². The molecule has 0 saturated heterocycles. The molecule has 15 heavy (non-hydrogen) atoms. The Morgan fingerprint density at radius 1 is 1.47 bits per heavy atom. The van der Waals surface area contributed by atoms with Crippen molar-refractivity contribution in [1.29, 1.82) is 0 Å². The third-order valence-electron chi connectivity index (χ3n) is 3.02. The molecule has 0 radical (unpaired) electrons. The van der Waals surface area contributed by atoms with E-state index in [1.165, 1.54) is 11.3 Å². The summed E-state index contributed by atoms with van der Waals surface area (Å²) in [6, 6.07) is 4.18. The van der Waals surface area contributed by atoms with Crippen LogP contribution in [0.5, 0.6) is 0 Å². The summed E-state index contributed by atoms with van der Waals surface area (Å²) in [5.41, 5.74) is 10.4. The smallest absolute Gasteiger partial charge is 0.0911 e. The Balaban J connectivity index is 2.22. The van der Waals surface area contributed by atoms with E-state index in [0.717, 1.165) is 30.8 Å². The lowest BCUT2D eigenvalue weighted by atomic mass is 10.1. The number of nitrogen functional groups attached to an aromatic ring is 1. The van der Waals surface area contributed by atoms with E-state index in [4.69, 9.17) is 5.73 Å². The van der Waals surface area contributed by atoms with E-state index in [-0.39, 0.29) is 6.67 Å². The molecule has 1 heterocycles. The maximum absolute atomic E-state index is 12.1. The van der Waals surface area contributed by atoms with E-state index in [1.54, 1.807) is 0 Å². The van der Waals surface area contributed by atoms with Gasteiger partial charge < -0.3 is 10.6 Å². The molecule has 3 heteroatoms. The van der Waals surface area contributed by atoms with Crippen LogP contribution in [0.3, 0.4) is 0 Å². The molecule has 82 valence electrons. The molecule has 1 aromatic carbocycles. The number of benzene rings is 1. The number of rotatable bonds is 3. The molecule has 0 fully saturated rings. The van der Waals surface area contributed by atoms with Crippen LogP contribution in [-0.2, 0) is 6.42 Å². The first-order valence-corrected chi connectivity index (χ1v) is 5.42. The summed E-state index contributed by atoms with van der Waals surface area (Å²) in [7, 11) is 0. The molecule has 0 unspecified atom stereocenters. The molecule has 2 N–H and O–H groups in total. The molecular weight excluding hydrogens is 191 g/mol. The van der Waals surface area contributed by atoms with Gasteiger partial charge >= 0.3 is 0 Å². The zero-order chi connectivity index (χ0) is 10.8. The van der Waals surface area contributed by atoms with Crippen molar-refractivity contribution < 1.29 is 4.39 Å². The fraction of sp³-hybridized carbons (Fsp3) is 0.500. The van der Waals surface area contributed by atoms with Gasteiger partial charge in [-0.05, 0) is 37.0 Å². The number of anilines is 2. The van der Waals surface area contributed by atoms with Crippen molar-refractivity contribution in [2.24, 2.45) is 0 Å². The number of nitrogens with zero attached hydrogens (tertiary/aromatic N) is 1. The molecule has 1 aromatic rings. The molecule has 2 nitrogen and oxygen atoms in total. The van der Waals surface area contributed by atoms with E-state index >= 15 is 0 Å². The average Bonchev–Trinajstić information content (AvgIpc) is 2.59. The van der Waals surface area contributed by atoms with Gasteiger partial charge in [-0.3, -0.25) is 4.39 Å². The van der Waals surface area contributed by atoms with Crippen LogP contribution in [0.25, 0.3) is 0 Å². The number of fused-ring (bicyclic) bond motifs is 1. The largest absolute Gasteiger partial charge is 0.398 e. The van der Waals surface area contributed by atoms with Gasteiger partial charge in [0.1, 0.15) is 0 Å². The quantitative estimate of drug-likeness (QED) is 0.772.